The van der Waals surface area contributed by atoms with Gasteiger partial charge < -0.3 is 9.47 Å². The lowest BCUT2D eigenvalue weighted by Crippen LogP contribution is -2.21. The highest BCUT2D eigenvalue weighted by Crippen LogP contribution is 2.33. The van der Waals surface area contributed by atoms with E-state index in [-0.39, 0.29) is 5.91 Å². The Morgan fingerprint density at radius 2 is 1.90 bits per heavy atom. The van der Waals surface area contributed by atoms with Crippen LogP contribution in [0.5, 0.6) is 11.5 Å². The molecular formula is C22H22N4O3. The molecule has 7 nitrogen and oxygen atoms in total. The molecule has 0 radical (unpaired) electrons. The lowest BCUT2D eigenvalue weighted by Gasteiger charge is -2.15. The van der Waals surface area contributed by atoms with Crippen LogP contribution in [-0.4, -0.2) is 36.0 Å². The maximum absolute atomic E-state index is 12.7. The van der Waals surface area contributed by atoms with Crippen molar-refractivity contribution < 1.29 is 14.3 Å². The number of hydrogen-bond donors (Lipinski definition) is 2. The zero-order chi connectivity index (χ0) is 20.4. The SMILES string of the molecule is COc1ccc(/C(C)=N/NC(=O)c2[nH]nc3c2CCc2ccccc2-3)cc1OC. The van der Waals surface area contributed by atoms with Crippen LogP contribution in [0.3, 0.4) is 0 Å². The number of hydrogen-bond acceptors (Lipinski definition) is 5. The minimum Gasteiger partial charge on any atom is -0.493 e. The molecule has 0 saturated carbocycles. The number of H-pyrrole nitrogens is 1. The number of nitrogens with zero attached hydrogens (tertiary/aromatic N) is 2. The fraction of sp³-hybridized carbons (Fsp3) is 0.227. The largest absolute Gasteiger partial charge is 0.493 e. The summed E-state index contributed by atoms with van der Waals surface area (Å²) in [7, 11) is 3.16. The van der Waals surface area contributed by atoms with Crippen molar-refractivity contribution in [1.29, 1.82) is 0 Å². The van der Waals surface area contributed by atoms with Crippen molar-refractivity contribution >= 4 is 11.6 Å². The van der Waals surface area contributed by atoms with Crippen molar-refractivity contribution in [3.05, 3.63) is 64.8 Å². The lowest BCUT2D eigenvalue weighted by molar-refractivity contribution is 0.0949. The van der Waals surface area contributed by atoms with E-state index in [0.717, 1.165) is 35.2 Å². The van der Waals surface area contributed by atoms with Crippen molar-refractivity contribution in [2.75, 3.05) is 14.2 Å². The lowest BCUT2D eigenvalue weighted by atomic mass is 9.89. The number of fused-ring (bicyclic) bond motifs is 3. The van der Waals surface area contributed by atoms with Crippen LogP contribution >= 0.6 is 0 Å². The summed E-state index contributed by atoms with van der Waals surface area (Å²) in [5.74, 6) is 0.933. The van der Waals surface area contributed by atoms with E-state index in [2.05, 4.69) is 26.8 Å². The number of ether oxygens (including phenoxy) is 2. The van der Waals surface area contributed by atoms with E-state index in [1.54, 1.807) is 20.3 Å². The van der Waals surface area contributed by atoms with Gasteiger partial charge in [0.15, 0.2) is 11.5 Å². The second-order valence-corrected chi connectivity index (χ2v) is 6.79. The number of carbonyl (C=O) groups is 1. The molecule has 0 atom stereocenters. The molecule has 0 saturated heterocycles. The molecule has 0 unspecified atom stereocenters. The van der Waals surface area contributed by atoms with Crippen molar-refractivity contribution in [3.63, 3.8) is 0 Å². The molecular weight excluding hydrogens is 368 g/mol. The molecule has 148 valence electrons. The number of aromatic amines is 1. The van der Waals surface area contributed by atoms with E-state index in [1.165, 1.54) is 5.56 Å². The number of carbonyl (C=O) groups excluding carboxylic acids is 1. The molecule has 29 heavy (non-hydrogen) atoms. The van der Waals surface area contributed by atoms with Gasteiger partial charge in [0, 0.05) is 16.7 Å². The molecule has 1 aromatic heterocycles. The Hall–Kier alpha value is -3.61. The standard InChI is InChI=1S/C22H22N4O3/c1-13(15-9-11-18(28-2)19(12-15)29-3)23-26-22(27)21-17-10-8-14-6-4-5-7-16(14)20(17)24-25-21/h4-7,9,11-12H,8,10H2,1-3H3,(H,24,25)(H,26,27)/b23-13+. The third kappa shape index (κ3) is 3.47. The van der Waals surface area contributed by atoms with Crippen LogP contribution in [0, 0.1) is 0 Å². The second-order valence-electron chi connectivity index (χ2n) is 6.79. The Labute approximate surface area is 168 Å². The van der Waals surface area contributed by atoms with E-state index in [1.807, 2.05) is 37.3 Å². The average Bonchev–Trinajstić information content (AvgIpc) is 3.21. The van der Waals surface area contributed by atoms with Gasteiger partial charge in [-0.3, -0.25) is 9.89 Å². The normalized spacial score (nSPS) is 12.7. The minimum atomic E-state index is -0.307. The molecule has 1 amide bonds. The molecule has 2 aromatic carbocycles. The molecule has 4 rings (SSSR count). The number of benzene rings is 2. The first kappa shape index (κ1) is 18.7. The first-order valence-corrected chi connectivity index (χ1v) is 9.35. The number of hydrazone groups is 1. The van der Waals surface area contributed by atoms with Crippen LogP contribution in [0.2, 0.25) is 0 Å². The predicted molar refractivity (Wildman–Crippen MR) is 111 cm³/mol. The fourth-order valence-corrected chi connectivity index (χ4v) is 3.56. The molecule has 1 aliphatic rings. The topological polar surface area (TPSA) is 88.6 Å². The van der Waals surface area contributed by atoms with Gasteiger partial charge in [0.25, 0.3) is 5.91 Å². The van der Waals surface area contributed by atoms with Gasteiger partial charge in [-0.2, -0.15) is 10.2 Å². The molecule has 0 aliphatic heterocycles. The van der Waals surface area contributed by atoms with Gasteiger partial charge in [-0.05, 0) is 43.5 Å². The summed E-state index contributed by atoms with van der Waals surface area (Å²) in [5, 5.41) is 11.5. The Kier molecular flexibility index (Phi) is 5.03. The van der Waals surface area contributed by atoms with Crippen LogP contribution in [-0.2, 0) is 12.8 Å². The highest BCUT2D eigenvalue weighted by atomic mass is 16.5. The van der Waals surface area contributed by atoms with Crippen molar-refractivity contribution in [2.45, 2.75) is 19.8 Å². The number of nitrogens with one attached hydrogen (secondary N) is 2. The molecule has 0 fully saturated rings. The highest BCUT2D eigenvalue weighted by Gasteiger charge is 2.24. The zero-order valence-corrected chi connectivity index (χ0v) is 16.6. The molecule has 3 aromatic rings. The van der Waals surface area contributed by atoms with E-state index in [0.29, 0.717) is 22.9 Å². The maximum Gasteiger partial charge on any atom is 0.289 e. The number of amides is 1. The number of rotatable bonds is 5. The summed E-state index contributed by atoms with van der Waals surface area (Å²) in [6.07, 6.45) is 1.65. The smallest absolute Gasteiger partial charge is 0.289 e. The Morgan fingerprint density at radius 1 is 1.10 bits per heavy atom. The first-order valence-electron chi connectivity index (χ1n) is 9.35. The molecule has 2 N–H and O–H groups in total. The van der Waals surface area contributed by atoms with Crippen LogP contribution in [0.25, 0.3) is 11.3 Å². The van der Waals surface area contributed by atoms with Crippen LogP contribution in [0.4, 0.5) is 0 Å². The van der Waals surface area contributed by atoms with Gasteiger partial charge in [-0.25, -0.2) is 5.43 Å². The van der Waals surface area contributed by atoms with Crippen molar-refractivity contribution in [2.24, 2.45) is 5.10 Å². The predicted octanol–water partition coefficient (Wildman–Crippen LogP) is 3.35. The number of aryl methyl sites for hydroxylation is 1. The van der Waals surface area contributed by atoms with E-state index < -0.39 is 0 Å². The summed E-state index contributed by atoms with van der Waals surface area (Å²) < 4.78 is 10.6. The Balaban J connectivity index is 1.55. The Morgan fingerprint density at radius 3 is 2.69 bits per heavy atom. The highest BCUT2D eigenvalue weighted by molar-refractivity contribution is 6.01. The van der Waals surface area contributed by atoms with Gasteiger partial charge in [0.1, 0.15) is 5.69 Å². The van der Waals surface area contributed by atoms with Gasteiger partial charge in [0.05, 0.1) is 25.6 Å². The van der Waals surface area contributed by atoms with E-state index in [4.69, 9.17) is 9.47 Å². The second kappa shape index (κ2) is 7.79. The third-order valence-electron chi connectivity index (χ3n) is 5.14. The van der Waals surface area contributed by atoms with Crippen molar-refractivity contribution in [3.8, 4) is 22.8 Å². The average molecular weight is 390 g/mol. The van der Waals surface area contributed by atoms with Crippen LogP contribution in [0.1, 0.15) is 34.1 Å². The summed E-state index contributed by atoms with van der Waals surface area (Å²) >= 11 is 0. The van der Waals surface area contributed by atoms with Gasteiger partial charge >= 0.3 is 0 Å². The Bertz CT molecular complexity index is 1100. The van der Waals surface area contributed by atoms with Crippen molar-refractivity contribution in [1.82, 2.24) is 15.6 Å². The zero-order valence-electron chi connectivity index (χ0n) is 16.6. The summed E-state index contributed by atoms with van der Waals surface area (Å²) in [6, 6.07) is 13.6. The number of aromatic nitrogens is 2. The first-order chi connectivity index (χ1) is 14.1. The van der Waals surface area contributed by atoms with Gasteiger partial charge in [-0.1, -0.05) is 24.3 Å². The molecule has 7 heteroatoms. The number of methoxy groups -OCH3 is 2. The summed E-state index contributed by atoms with van der Waals surface area (Å²) in [5.41, 5.74) is 8.66. The summed E-state index contributed by atoms with van der Waals surface area (Å²) in [6.45, 7) is 1.82. The molecule has 1 heterocycles. The maximum atomic E-state index is 12.7. The van der Waals surface area contributed by atoms with E-state index in [9.17, 15) is 4.79 Å². The summed E-state index contributed by atoms with van der Waals surface area (Å²) in [4.78, 5) is 12.7. The quantitative estimate of drug-likeness (QED) is 0.517. The van der Waals surface area contributed by atoms with Crippen LogP contribution < -0.4 is 14.9 Å². The van der Waals surface area contributed by atoms with E-state index >= 15 is 0 Å². The third-order valence-corrected chi connectivity index (χ3v) is 5.14. The molecule has 0 spiro atoms. The van der Waals surface area contributed by atoms with Crippen LogP contribution in [0.15, 0.2) is 47.6 Å². The fourth-order valence-electron chi connectivity index (χ4n) is 3.56. The monoisotopic (exact) mass is 390 g/mol. The van der Waals surface area contributed by atoms with Gasteiger partial charge in [-0.15, -0.1) is 0 Å². The minimum absolute atomic E-state index is 0.307. The molecule has 1 aliphatic carbocycles. The van der Waals surface area contributed by atoms with Gasteiger partial charge in [0.2, 0.25) is 0 Å². The molecule has 0 bridgehead atoms.